The van der Waals surface area contributed by atoms with Gasteiger partial charge in [-0.1, -0.05) is 6.07 Å². The van der Waals surface area contributed by atoms with Crippen molar-refractivity contribution in [1.82, 2.24) is 9.55 Å². The van der Waals surface area contributed by atoms with Crippen LogP contribution in [0.1, 0.15) is 16.1 Å². The maximum absolute atomic E-state index is 10.7. The number of ether oxygens (including phenoxy) is 2. The number of carbonyl (C=O) groups is 1. The fourth-order valence-electron chi connectivity index (χ4n) is 1.75. The Morgan fingerprint density at radius 1 is 1.32 bits per heavy atom. The van der Waals surface area contributed by atoms with Crippen LogP contribution in [0.25, 0.3) is 0 Å². The van der Waals surface area contributed by atoms with E-state index in [0.29, 0.717) is 18.0 Å². The Hall–Kier alpha value is -2.50. The van der Waals surface area contributed by atoms with E-state index in [1.165, 1.54) is 12.5 Å². The van der Waals surface area contributed by atoms with Gasteiger partial charge in [0, 0.05) is 12.7 Å². The van der Waals surface area contributed by atoms with Crippen LogP contribution in [-0.2, 0) is 6.54 Å². The number of benzene rings is 1. The zero-order valence-electron chi connectivity index (χ0n) is 10.7. The topological polar surface area (TPSA) is 73.6 Å². The minimum atomic E-state index is -1.04. The lowest BCUT2D eigenvalue weighted by atomic mass is 10.2. The molecule has 0 unspecified atom stereocenters. The number of carboxylic acid groups (broad SMARTS) is 1. The molecular formula is C13H14N2O4. The summed E-state index contributed by atoms with van der Waals surface area (Å²) in [4.78, 5) is 14.5. The number of carboxylic acids is 1. The predicted molar refractivity (Wildman–Crippen MR) is 67.8 cm³/mol. The SMILES string of the molecule is COc1ccc(Cn2cnc(C(=O)O)c2)cc1OC. The van der Waals surface area contributed by atoms with E-state index >= 15 is 0 Å². The molecule has 100 valence electrons. The maximum Gasteiger partial charge on any atom is 0.356 e. The van der Waals surface area contributed by atoms with Gasteiger partial charge in [-0.25, -0.2) is 9.78 Å². The van der Waals surface area contributed by atoms with Crippen LogP contribution in [0, 0.1) is 0 Å². The van der Waals surface area contributed by atoms with Crippen LogP contribution in [0.15, 0.2) is 30.7 Å². The van der Waals surface area contributed by atoms with Crippen LogP contribution < -0.4 is 9.47 Å². The Kier molecular flexibility index (Phi) is 3.70. The fraction of sp³-hybridized carbons (Fsp3) is 0.231. The van der Waals surface area contributed by atoms with Gasteiger partial charge in [0.15, 0.2) is 17.2 Å². The van der Waals surface area contributed by atoms with Crippen molar-refractivity contribution >= 4 is 5.97 Å². The summed E-state index contributed by atoms with van der Waals surface area (Å²) in [6.07, 6.45) is 2.97. The highest BCUT2D eigenvalue weighted by atomic mass is 16.5. The van der Waals surface area contributed by atoms with Crippen LogP contribution in [0.4, 0.5) is 0 Å². The van der Waals surface area contributed by atoms with E-state index in [-0.39, 0.29) is 5.69 Å². The van der Waals surface area contributed by atoms with Gasteiger partial charge in [0.25, 0.3) is 0 Å². The van der Waals surface area contributed by atoms with Gasteiger partial charge in [-0.05, 0) is 17.7 Å². The summed E-state index contributed by atoms with van der Waals surface area (Å²) >= 11 is 0. The molecule has 0 atom stereocenters. The molecule has 0 spiro atoms. The minimum Gasteiger partial charge on any atom is -0.493 e. The first kappa shape index (κ1) is 12.9. The Morgan fingerprint density at radius 2 is 2.05 bits per heavy atom. The quantitative estimate of drug-likeness (QED) is 0.886. The molecule has 2 aromatic rings. The molecule has 0 saturated carbocycles. The third-order valence-electron chi connectivity index (χ3n) is 2.67. The lowest BCUT2D eigenvalue weighted by Gasteiger charge is -2.09. The Morgan fingerprint density at radius 3 is 2.63 bits per heavy atom. The van der Waals surface area contributed by atoms with Gasteiger partial charge in [-0.2, -0.15) is 0 Å². The lowest BCUT2D eigenvalue weighted by molar-refractivity contribution is 0.0691. The van der Waals surface area contributed by atoms with Crippen molar-refractivity contribution in [3.63, 3.8) is 0 Å². The number of hydrogen-bond donors (Lipinski definition) is 1. The summed E-state index contributed by atoms with van der Waals surface area (Å²) < 4.78 is 12.1. The molecule has 6 nitrogen and oxygen atoms in total. The van der Waals surface area contributed by atoms with Gasteiger partial charge in [0.1, 0.15) is 0 Å². The second-order valence-electron chi connectivity index (χ2n) is 3.93. The average Bonchev–Trinajstić information content (AvgIpc) is 2.87. The zero-order valence-corrected chi connectivity index (χ0v) is 10.7. The van der Waals surface area contributed by atoms with Crippen LogP contribution >= 0.6 is 0 Å². The second kappa shape index (κ2) is 5.43. The number of aromatic nitrogens is 2. The van der Waals surface area contributed by atoms with E-state index in [1.54, 1.807) is 18.8 Å². The summed E-state index contributed by atoms with van der Waals surface area (Å²) in [5.74, 6) is 0.257. The van der Waals surface area contributed by atoms with Gasteiger partial charge in [-0.15, -0.1) is 0 Å². The standard InChI is InChI=1S/C13H14N2O4/c1-18-11-4-3-9(5-12(11)19-2)6-15-7-10(13(16)17)14-8-15/h3-5,7-8H,6H2,1-2H3,(H,16,17). The largest absolute Gasteiger partial charge is 0.493 e. The minimum absolute atomic E-state index is 0.0282. The highest BCUT2D eigenvalue weighted by Gasteiger charge is 2.08. The summed E-state index contributed by atoms with van der Waals surface area (Å²) in [6.45, 7) is 0.515. The molecule has 0 saturated heterocycles. The smallest absolute Gasteiger partial charge is 0.356 e. The van der Waals surface area contributed by atoms with E-state index < -0.39 is 5.97 Å². The van der Waals surface area contributed by atoms with Crippen molar-refractivity contribution < 1.29 is 19.4 Å². The Balaban J connectivity index is 2.20. The first-order chi connectivity index (χ1) is 9.13. The third-order valence-corrected chi connectivity index (χ3v) is 2.67. The molecule has 0 bridgehead atoms. The molecule has 19 heavy (non-hydrogen) atoms. The normalized spacial score (nSPS) is 10.2. The Bertz CT molecular complexity index is 592. The van der Waals surface area contributed by atoms with Gasteiger partial charge in [0.05, 0.1) is 20.5 Å². The van der Waals surface area contributed by atoms with Gasteiger partial charge in [0.2, 0.25) is 0 Å². The van der Waals surface area contributed by atoms with Crippen molar-refractivity contribution in [3.05, 3.63) is 42.0 Å². The molecule has 0 radical (unpaired) electrons. The van der Waals surface area contributed by atoms with Crippen LogP contribution in [0.5, 0.6) is 11.5 Å². The molecule has 0 fully saturated rings. The second-order valence-corrected chi connectivity index (χ2v) is 3.93. The average molecular weight is 262 g/mol. The van der Waals surface area contributed by atoms with Gasteiger partial charge in [-0.3, -0.25) is 0 Å². The van der Waals surface area contributed by atoms with E-state index in [4.69, 9.17) is 14.6 Å². The monoisotopic (exact) mass is 262 g/mol. The molecule has 0 amide bonds. The van der Waals surface area contributed by atoms with Crippen LogP contribution in [0.3, 0.4) is 0 Å². The van der Waals surface area contributed by atoms with E-state index in [9.17, 15) is 4.79 Å². The summed E-state index contributed by atoms with van der Waals surface area (Å²) in [5, 5.41) is 8.80. The fourth-order valence-corrected chi connectivity index (χ4v) is 1.75. The molecule has 0 aliphatic rings. The number of methoxy groups -OCH3 is 2. The summed E-state index contributed by atoms with van der Waals surface area (Å²) in [5.41, 5.74) is 0.993. The van der Waals surface area contributed by atoms with Crippen molar-refractivity contribution in [2.75, 3.05) is 14.2 Å². The number of nitrogens with zero attached hydrogens (tertiary/aromatic N) is 2. The molecule has 1 heterocycles. The number of rotatable bonds is 5. The van der Waals surface area contributed by atoms with Crippen molar-refractivity contribution in [2.24, 2.45) is 0 Å². The van der Waals surface area contributed by atoms with E-state index in [2.05, 4.69) is 4.98 Å². The molecular weight excluding hydrogens is 248 g/mol. The highest BCUT2D eigenvalue weighted by molar-refractivity contribution is 5.84. The maximum atomic E-state index is 10.7. The van der Waals surface area contributed by atoms with Gasteiger partial charge >= 0.3 is 5.97 Å². The van der Waals surface area contributed by atoms with E-state index in [1.807, 2.05) is 18.2 Å². The number of imidazole rings is 1. The summed E-state index contributed by atoms with van der Waals surface area (Å²) in [7, 11) is 3.15. The van der Waals surface area contributed by atoms with Gasteiger partial charge < -0.3 is 19.1 Å². The first-order valence-electron chi connectivity index (χ1n) is 5.60. The molecule has 0 aliphatic carbocycles. The Labute approximate surface area is 110 Å². The highest BCUT2D eigenvalue weighted by Crippen LogP contribution is 2.27. The molecule has 1 aromatic carbocycles. The first-order valence-corrected chi connectivity index (χ1v) is 5.60. The van der Waals surface area contributed by atoms with Crippen molar-refractivity contribution in [3.8, 4) is 11.5 Å². The number of hydrogen-bond acceptors (Lipinski definition) is 4. The zero-order chi connectivity index (χ0) is 13.8. The van der Waals surface area contributed by atoms with Crippen LogP contribution in [-0.4, -0.2) is 34.8 Å². The molecule has 0 aliphatic heterocycles. The van der Waals surface area contributed by atoms with Crippen molar-refractivity contribution in [2.45, 2.75) is 6.54 Å². The third kappa shape index (κ3) is 2.85. The van der Waals surface area contributed by atoms with E-state index in [0.717, 1.165) is 5.56 Å². The number of aromatic carboxylic acids is 1. The van der Waals surface area contributed by atoms with Crippen LogP contribution in [0.2, 0.25) is 0 Å². The lowest BCUT2D eigenvalue weighted by Crippen LogP contribution is -1.99. The van der Waals surface area contributed by atoms with Crippen molar-refractivity contribution in [1.29, 1.82) is 0 Å². The predicted octanol–water partition coefficient (Wildman–Crippen LogP) is 1.65. The molecule has 1 aromatic heterocycles. The molecule has 1 N–H and O–H groups in total. The molecule has 2 rings (SSSR count). The summed E-state index contributed by atoms with van der Waals surface area (Å²) in [6, 6.07) is 5.55. The molecule has 6 heteroatoms.